The number of para-hydroxylation sites is 3. The highest BCUT2D eigenvalue weighted by Gasteiger charge is 2.30. The van der Waals surface area contributed by atoms with Crippen LogP contribution in [0, 0.1) is 0 Å². The molecule has 2 aromatic carbocycles. The maximum Gasteiger partial charge on any atom is 0.319 e. The Morgan fingerprint density at radius 1 is 1.15 bits per heavy atom. The van der Waals surface area contributed by atoms with Crippen LogP contribution in [0.5, 0.6) is 5.75 Å². The highest BCUT2D eigenvalue weighted by atomic mass is 32.2. The molecule has 2 heterocycles. The van der Waals surface area contributed by atoms with Crippen LogP contribution in [-0.4, -0.2) is 34.5 Å². The Morgan fingerprint density at radius 3 is 2.69 bits per heavy atom. The standard InChI is InChI=1S/C19H16N2O4S/c1-24-15-9-5-4-8-14(15)21-17(22)12-6-2-3-7-13(12)20-19(21)26-16-10-11-25-18(16)23/h2-9,16H,10-11H2,1H3/t16-/m1/s1. The van der Waals surface area contributed by atoms with E-state index in [0.717, 1.165) is 0 Å². The molecule has 0 saturated carbocycles. The summed E-state index contributed by atoms with van der Waals surface area (Å²) in [5, 5.41) is 0.586. The fourth-order valence-electron chi connectivity index (χ4n) is 2.93. The molecule has 1 aromatic heterocycles. The predicted molar refractivity (Wildman–Crippen MR) is 99.1 cm³/mol. The lowest BCUT2D eigenvalue weighted by atomic mass is 10.2. The number of carbonyl (C=O) groups is 1. The molecule has 0 radical (unpaired) electrons. The summed E-state index contributed by atoms with van der Waals surface area (Å²) < 4.78 is 12.0. The van der Waals surface area contributed by atoms with Crippen molar-refractivity contribution in [2.75, 3.05) is 13.7 Å². The van der Waals surface area contributed by atoms with Crippen LogP contribution in [0.25, 0.3) is 16.6 Å². The highest BCUT2D eigenvalue weighted by molar-refractivity contribution is 8.00. The average molecular weight is 368 g/mol. The maximum absolute atomic E-state index is 13.2. The van der Waals surface area contributed by atoms with Gasteiger partial charge in [0.2, 0.25) is 0 Å². The Bertz CT molecular complexity index is 1050. The Morgan fingerprint density at radius 2 is 1.92 bits per heavy atom. The number of fused-ring (bicyclic) bond motifs is 1. The van der Waals surface area contributed by atoms with Crippen LogP contribution < -0.4 is 10.3 Å². The van der Waals surface area contributed by atoms with Crippen LogP contribution in [0.4, 0.5) is 0 Å². The second-order valence-corrected chi connectivity index (χ2v) is 6.96. The molecule has 7 heteroatoms. The van der Waals surface area contributed by atoms with Gasteiger partial charge in [-0.15, -0.1) is 0 Å². The third-order valence-corrected chi connectivity index (χ3v) is 5.40. The monoisotopic (exact) mass is 368 g/mol. The Hall–Kier alpha value is -2.80. The van der Waals surface area contributed by atoms with Crippen LogP contribution in [0.3, 0.4) is 0 Å². The number of methoxy groups -OCH3 is 1. The van der Waals surface area contributed by atoms with Crippen molar-refractivity contribution in [1.82, 2.24) is 9.55 Å². The number of thioether (sulfide) groups is 1. The number of nitrogens with zero attached hydrogens (tertiary/aromatic N) is 2. The molecule has 1 fully saturated rings. The molecule has 1 saturated heterocycles. The van der Waals surface area contributed by atoms with Crippen molar-refractivity contribution >= 4 is 28.6 Å². The van der Waals surface area contributed by atoms with Gasteiger partial charge in [-0.05, 0) is 24.3 Å². The van der Waals surface area contributed by atoms with Gasteiger partial charge < -0.3 is 9.47 Å². The van der Waals surface area contributed by atoms with Crippen LogP contribution in [0.15, 0.2) is 58.5 Å². The van der Waals surface area contributed by atoms with Crippen LogP contribution in [0.1, 0.15) is 6.42 Å². The summed E-state index contributed by atoms with van der Waals surface area (Å²) >= 11 is 1.25. The van der Waals surface area contributed by atoms with Crippen LogP contribution >= 0.6 is 11.8 Å². The molecule has 0 aliphatic carbocycles. The molecule has 0 amide bonds. The zero-order valence-corrected chi connectivity index (χ0v) is 14.9. The van der Waals surface area contributed by atoms with Crippen LogP contribution in [0.2, 0.25) is 0 Å². The molecule has 0 spiro atoms. The number of hydrogen-bond acceptors (Lipinski definition) is 6. The zero-order valence-electron chi connectivity index (χ0n) is 14.0. The van der Waals surface area contributed by atoms with E-state index in [0.29, 0.717) is 40.5 Å². The van der Waals surface area contributed by atoms with Gasteiger partial charge in [0, 0.05) is 6.42 Å². The predicted octanol–water partition coefficient (Wildman–Crippen LogP) is 2.80. The molecule has 0 unspecified atom stereocenters. The van der Waals surface area contributed by atoms with E-state index < -0.39 is 0 Å². The first kappa shape index (κ1) is 16.7. The molecule has 6 nitrogen and oxygen atoms in total. The summed E-state index contributed by atoms with van der Waals surface area (Å²) in [4.78, 5) is 29.8. The van der Waals surface area contributed by atoms with Gasteiger partial charge in [0.1, 0.15) is 11.0 Å². The number of esters is 1. The number of ether oxygens (including phenoxy) is 2. The molecule has 26 heavy (non-hydrogen) atoms. The van der Waals surface area contributed by atoms with Crippen molar-refractivity contribution in [3.63, 3.8) is 0 Å². The van der Waals surface area contributed by atoms with E-state index in [1.165, 1.54) is 16.3 Å². The number of cyclic esters (lactones) is 1. The summed E-state index contributed by atoms with van der Waals surface area (Å²) in [5.41, 5.74) is 0.985. The molecule has 1 atom stereocenters. The summed E-state index contributed by atoms with van der Waals surface area (Å²) in [5.74, 6) is 0.284. The summed E-state index contributed by atoms with van der Waals surface area (Å²) in [7, 11) is 1.56. The summed E-state index contributed by atoms with van der Waals surface area (Å²) in [6.07, 6.45) is 0.595. The quantitative estimate of drug-likeness (QED) is 0.521. The highest BCUT2D eigenvalue weighted by Crippen LogP contribution is 2.32. The molecule has 132 valence electrons. The fraction of sp³-hybridized carbons (Fsp3) is 0.211. The first-order valence-electron chi connectivity index (χ1n) is 8.17. The number of aromatic nitrogens is 2. The third-order valence-electron chi connectivity index (χ3n) is 4.21. The van der Waals surface area contributed by atoms with E-state index in [1.807, 2.05) is 18.2 Å². The lowest BCUT2D eigenvalue weighted by Crippen LogP contribution is -2.23. The van der Waals surface area contributed by atoms with E-state index in [2.05, 4.69) is 4.98 Å². The Kier molecular flexibility index (Phi) is 4.38. The van der Waals surface area contributed by atoms with Gasteiger partial charge in [0.25, 0.3) is 5.56 Å². The second kappa shape index (κ2) is 6.84. The van der Waals surface area contributed by atoms with Crippen molar-refractivity contribution < 1.29 is 14.3 Å². The van der Waals surface area contributed by atoms with E-state index in [1.54, 1.807) is 37.4 Å². The lowest BCUT2D eigenvalue weighted by Gasteiger charge is -2.16. The minimum atomic E-state index is -0.371. The van der Waals surface area contributed by atoms with Crippen molar-refractivity contribution in [2.45, 2.75) is 16.8 Å². The normalized spacial score (nSPS) is 16.7. The molecular formula is C19H16N2O4S. The molecule has 1 aliphatic rings. The molecule has 4 rings (SSSR count). The minimum absolute atomic E-state index is 0.200. The number of carbonyl (C=O) groups excluding carboxylic acids is 1. The van der Waals surface area contributed by atoms with Gasteiger partial charge >= 0.3 is 5.97 Å². The molecule has 0 N–H and O–H groups in total. The third kappa shape index (κ3) is 2.84. The van der Waals surface area contributed by atoms with Gasteiger partial charge in [-0.25, -0.2) is 4.98 Å². The molecular weight excluding hydrogens is 352 g/mol. The summed E-state index contributed by atoms with van der Waals surface area (Å²) in [6, 6.07) is 14.4. The van der Waals surface area contributed by atoms with Gasteiger partial charge in [-0.2, -0.15) is 0 Å². The summed E-state index contributed by atoms with van der Waals surface area (Å²) in [6.45, 7) is 0.392. The largest absolute Gasteiger partial charge is 0.495 e. The fourth-order valence-corrected chi connectivity index (χ4v) is 4.00. The zero-order chi connectivity index (χ0) is 18.1. The number of hydrogen-bond donors (Lipinski definition) is 0. The number of benzene rings is 2. The first-order chi connectivity index (χ1) is 12.7. The van der Waals surface area contributed by atoms with Gasteiger partial charge in [-0.1, -0.05) is 36.0 Å². The van der Waals surface area contributed by atoms with Crippen molar-refractivity contribution in [3.8, 4) is 11.4 Å². The van der Waals surface area contributed by atoms with Crippen molar-refractivity contribution in [3.05, 3.63) is 58.9 Å². The molecule has 3 aromatic rings. The Balaban J connectivity index is 1.96. The van der Waals surface area contributed by atoms with Gasteiger partial charge in [0.15, 0.2) is 5.16 Å². The van der Waals surface area contributed by atoms with Gasteiger partial charge in [-0.3, -0.25) is 14.2 Å². The Labute approximate surface area is 153 Å². The SMILES string of the molecule is COc1ccccc1-n1c(S[C@@H]2CCOC2=O)nc2ccccc2c1=O. The number of rotatable bonds is 4. The van der Waals surface area contributed by atoms with Gasteiger partial charge in [0.05, 0.1) is 30.3 Å². The average Bonchev–Trinajstić information content (AvgIpc) is 3.07. The van der Waals surface area contributed by atoms with Crippen molar-refractivity contribution in [1.29, 1.82) is 0 Å². The molecule has 1 aliphatic heterocycles. The van der Waals surface area contributed by atoms with E-state index in [4.69, 9.17) is 9.47 Å². The topological polar surface area (TPSA) is 70.4 Å². The van der Waals surface area contributed by atoms with Crippen LogP contribution in [-0.2, 0) is 9.53 Å². The van der Waals surface area contributed by atoms with E-state index >= 15 is 0 Å². The second-order valence-electron chi connectivity index (χ2n) is 5.79. The lowest BCUT2D eigenvalue weighted by molar-refractivity contribution is -0.137. The smallest absolute Gasteiger partial charge is 0.319 e. The van der Waals surface area contributed by atoms with Crippen molar-refractivity contribution in [2.24, 2.45) is 0 Å². The van der Waals surface area contributed by atoms with E-state index in [9.17, 15) is 9.59 Å². The molecule has 0 bridgehead atoms. The first-order valence-corrected chi connectivity index (χ1v) is 9.05. The van der Waals surface area contributed by atoms with E-state index in [-0.39, 0.29) is 16.8 Å². The minimum Gasteiger partial charge on any atom is -0.495 e. The maximum atomic E-state index is 13.2.